The minimum Gasteiger partial charge on any atom is -0.492 e. The first-order valence-electron chi connectivity index (χ1n) is 6.98. The van der Waals surface area contributed by atoms with Crippen molar-refractivity contribution in [2.75, 3.05) is 19.7 Å². The van der Waals surface area contributed by atoms with Gasteiger partial charge in [-0.15, -0.1) is 0 Å². The number of rotatable bonds is 5. The molecule has 6 heteroatoms. The second kappa shape index (κ2) is 6.91. The topological polar surface area (TPSA) is 46.6 Å². The Hall–Kier alpha value is -0.590. The summed E-state index contributed by atoms with van der Waals surface area (Å²) in [7, 11) is -3.39. The van der Waals surface area contributed by atoms with Crippen LogP contribution in [0.2, 0.25) is 0 Å². The van der Waals surface area contributed by atoms with Crippen molar-refractivity contribution in [2.45, 2.75) is 37.5 Å². The molecule has 0 radical (unpaired) electrons. The molecule has 0 N–H and O–H groups in total. The highest BCUT2D eigenvalue weighted by Crippen LogP contribution is 2.30. The summed E-state index contributed by atoms with van der Waals surface area (Å²) < 4.78 is 33.1. The molecule has 0 spiro atoms. The summed E-state index contributed by atoms with van der Waals surface area (Å²) in [5.41, 5.74) is 0. The van der Waals surface area contributed by atoms with E-state index in [2.05, 4.69) is 15.9 Å². The van der Waals surface area contributed by atoms with E-state index in [1.165, 1.54) is 0 Å². The van der Waals surface area contributed by atoms with Crippen LogP contribution in [0, 0.1) is 0 Å². The van der Waals surface area contributed by atoms with Crippen LogP contribution < -0.4 is 4.74 Å². The Balaban J connectivity index is 2.26. The molecule has 0 bridgehead atoms. The summed E-state index contributed by atoms with van der Waals surface area (Å²) in [6.45, 7) is 3.82. The molecule has 1 heterocycles. The second-order valence-electron chi connectivity index (χ2n) is 4.91. The fourth-order valence-corrected chi connectivity index (χ4v) is 4.12. The van der Waals surface area contributed by atoms with E-state index in [9.17, 15) is 8.42 Å². The molecule has 0 amide bonds. The largest absolute Gasteiger partial charge is 0.492 e. The molecular weight excluding hydrogens is 342 g/mol. The van der Waals surface area contributed by atoms with Crippen molar-refractivity contribution in [3.05, 3.63) is 22.7 Å². The lowest BCUT2D eigenvalue weighted by Gasteiger charge is -2.26. The number of halogens is 1. The van der Waals surface area contributed by atoms with Gasteiger partial charge in [-0.05, 0) is 47.3 Å². The Morgan fingerprint density at radius 2 is 1.95 bits per heavy atom. The number of hydrogen-bond donors (Lipinski definition) is 0. The molecule has 1 aliphatic heterocycles. The molecule has 1 fully saturated rings. The molecule has 4 nitrogen and oxygen atoms in total. The van der Waals surface area contributed by atoms with Crippen LogP contribution in [0.4, 0.5) is 0 Å². The first kappa shape index (κ1) is 15.8. The van der Waals surface area contributed by atoms with E-state index in [1.54, 1.807) is 22.5 Å². The van der Waals surface area contributed by atoms with Gasteiger partial charge in [0.25, 0.3) is 0 Å². The minimum absolute atomic E-state index is 0.314. The first-order valence-corrected chi connectivity index (χ1v) is 9.21. The monoisotopic (exact) mass is 361 g/mol. The van der Waals surface area contributed by atoms with Crippen molar-refractivity contribution < 1.29 is 13.2 Å². The van der Waals surface area contributed by atoms with Crippen molar-refractivity contribution in [1.29, 1.82) is 0 Å². The lowest BCUT2D eigenvalue weighted by Crippen LogP contribution is -2.35. The number of nitrogens with zero attached hydrogens (tertiary/aromatic N) is 1. The number of hydrogen-bond acceptors (Lipinski definition) is 3. The van der Waals surface area contributed by atoms with Crippen LogP contribution in [-0.4, -0.2) is 32.4 Å². The summed E-state index contributed by atoms with van der Waals surface area (Å²) in [6.07, 6.45) is 3.87. The van der Waals surface area contributed by atoms with E-state index in [1.807, 2.05) is 6.92 Å². The van der Waals surface area contributed by atoms with Crippen molar-refractivity contribution in [3.8, 4) is 5.75 Å². The van der Waals surface area contributed by atoms with Gasteiger partial charge in [0.1, 0.15) is 5.75 Å². The highest BCUT2D eigenvalue weighted by Gasteiger charge is 2.26. The fourth-order valence-electron chi connectivity index (χ4n) is 2.22. The zero-order valence-corrected chi connectivity index (χ0v) is 14.0. The second-order valence-corrected chi connectivity index (χ2v) is 7.70. The van der Waals surface area contributed by atoms with E-state index in [0.29, 0.717) is 30.3 Å². The third-order valence-electron chi connectivity index (χ3n) is 3.32. The molecule has 2 rings (SSSR count). The molecule has 0 aromatic heterocycles. The molecule has 1 aromatic carbocycles. The quantitative estimate of drug-likeness (QED) is 0.807. The van der Waals surface area contributed by atoms with Crippen LogP contribution in [0.25, 0.3) is 0 Å². The zero-order valence-electron chi connectivity index (χ0n) is 11.6. The molecule has 1 saturated heterocycles. The minimum atomic E-state index is -3.39. The zero-order chi connectivity index (χ0) is 14.6. The number of ether oxygens (including phenoxy) is 1. The van der Waals surface area contributed by atoms with Crippen LogP contribution in [0.5, 0.6) is 5.75 Å². The lowest BCUT2D eigenvalue weighted by molar-refractivity contribution is 0.314. The summed E-state index contributed by atoms with van der Waals surface area (Å²) >= 11 is 3.39. The van der Waals surface area contributed by atoms with Crippen LogP contribution in [0.1, 0.15) is 32.6 Å². The predicted molar refractivity (Wildman–Crippen MR) is 82.5 cm³/mol. The predicted octanol–water partition coefficient (Wildman–Crippen LogP) is 3.41. The van der Waals surface area contributed by atoms with Gasteiger partial charge < -0.3 is 4.74 Å². The van der Waals surface area contributed by atoms with Crippen LogP contribution in [0.15, 0.2) is 27.6 Å². The van der Waals surface area contributed by atoms with Gasteiger partial charge in [0.05, 0.1) is 16.0 Å². The average Bonchev–Trinajstić information content (AvgIpc) is 2.47. The van der Waals surface area contributed by atoms with Crippen molar-refractivity contribution in [3.63, 3.8) is 0 Å². The highest BCUT2D eigenvalue weighted by atomic mass is 79.9. The van der Waals surface area contributed by atoms with E-state index in [0.717, 1.165) is 30.2 Å². The normalized spacial score (nSPS) is 17.1. The molecule has 112 valence electrons. The maximum absolute atomic E-state index is 12.6. The Bertz CT molecular complexity index is 554. The third-order valence-corrected chi connectivity index (χ3v) is 5.87. The average molecular weight is 362 g/mol. The fraction of sp³-hybridized carbons (Fsp3) is 0.571. The van der Waals surface area contributed by atoms with Gasteiger partial charge in [-0.1, -0.05) is 13.3 Å². The van der Waals surface area contributed by atoms with E-state index in [4.69, 9.17) is 4.74 Å². The summed E-state index contributed by atoms with van der Waals surface area (Å²) in [6, 6.07) is 4.98. The molecule has 1 aromatic rings. The van der Waals surface area contributed by atoms with Crippen LogP contribution in [0.3, 0.4) is 0 Å². The maximum Gasteiger partial charge on any atom is 0.243 e. The number of sulfonamides is 1. The first-order chi connectivity index (χ1) is 9.55. The molecule has 0 atom stereocenters. The van der Waals surface area contributed by atoms with Gasteiger partial charge in [0.15, 0.2) is 0 Å². The Labute approximate surface area is 129 Å². The van der Waals surface area contributed by atoms with Crippen LogP contribution in [-0.2, 0) is 10.0 Å². The van der Waals surface area contributed by atoms with E-state index in [-0.39, 0.29) is 0 Å². The molecular formula is C14H20BrNO3S. The Kier molecular flexibility index (Phi) is 5.46. The standard InChI is InChI=1S/C14H20BrNO3S/c1-2-10-19-14-11-12(6-7-13(14)15)20(17,18)16-8-4-3-5-9-16/h6-7,11H,2-5,8-10H2,1H3. The maximum atomic E-state index is 12.6. The Morgan fingerprint density at radius 1 is 1.25 bits per heavy atom. The highest BCUT2D eigenvalue weighted by molar-refractivity contribution is 9.10. The van der Waals surface area contributed by atoms with Gasteiger partial charge in [-0.2, -0.15) is 4.31 Å². The number of piperidine rings is 1. The van der Waals surface area contributed by atoms with Crippen molar-refractivity contribution in [2.24, 2.45) is 0 Å². The smallest absolute Gasteiger partial charge is 0.243 e. The lowest BCUT2D eigenvalue weighted by atomic mass is 10.2. The van der Waals surface area contributed by atoms with Crippen LogP contribution >= 0.6 is 15.9 Å². The van der Waals surface area contributed by atoms with Crippen molar-refractivity contribution >= 4 is 26.0 Å². The summed E-state index contributed by atoms with van der Waals surface area (Å²) in [5.74, 6) is 0.588. The summed E-state index contributed by atoms with van der Waals surface area (Å²) in [5, 5.41) is 0. The van der Waals surface area contributed by atoms with Gasteiger partial charge in [-0.3, -0.25) is 0 Å². The molecule has 0 aliphatic carbocycles. The van der Waals surface area contributed by atoms with E-state index < -0.39 is 10.0 Å². The van der Waals surface area contributed by atoms with Crippen molar-refractivity contribution in [1.82, 2.24) is 4.31 Å². The molecule has 1 aliphatic rings. The van der Waals surface area contributed by atoms with Gasteiger partial charge in [-0.25, -0.2) is 8.42 Å². The van der Waals surface area contributed by atoms with Gasteiger partial charge in [0.2, 0.25) is 10.0 Å². The van der Waals surface area contributed by atoms with E-state index >= 15 is 0 Å². The van der Waals surface area contributed by atoms with Gasteiger partial charge in [0, 0.05) is 19.2 Å². The molecule has 0 unspecified atom stereocenters. The molecule has 0 saturated carbocycles. The Morgan fingerprint density at radius 3 is 2.60 bits per heavy atom. The third kappa shape index (κ3) is 3.54. The van der Waals surface area contributed by atoms with Gasteiger partial charge >= 0.3 is 0 Å². The number of benzene rings is 1. The SMILES string of the molecule is CCCOc1cc(S(=O)(=O)N2CCCCC2)ccc1Br. The molecule has 20 heavy (non-hydrogen) atoms. The summed E-state index contributed by atoms with van der Waals surface area (Å²) in [4.78, 5) is 0.314.